The number of anilines is 1. The molecular weight excluding hydrogens is 414 g/mol. The van der Waals surface area contributed by atoms with Gasteiger partial charge in [0.1, 0.15) is 0 Å². The predicted molar refractivity (Wildman–Crippen MR) is 128 cm³/mol. The van der Waals surface area contributed by atoms with E-state index >= 15 is 0 Å². The molecule has 1 aromatic heterocycles. The zero-order valence-electron chi connectivity index (χ0n) is 18.2. The number of rotatable bonds is 7. The van der Waals surface area contributed by atoms with Crippen LogP contribution in [0.15, 0.2) is 91.1 Å². The molecule has 0 aliphatic carbocycles. The van der Waals surface area contributed by atoms with Crippen molar-refractivity contribution in [3.8, 4) is 0 Å². The molecule has 6 heteroatoms. The smallest absolute Gasteiger partial charge is 0.331 e. The highest BCUT2D eigenvalue weighted by Crippen LogP contribution is 2.19. The molecule has 0 bridgehead atoms. The Labute approximate surface area is 192 Å². The second kappa shape index (κ2) is 10.3. The normalized spacial score (nSPS) is 10.9. The molecule has 4 aromatic rings. The third-order valence-electron chi connectivity index (χ3n) is 4.99. The lowest BCUT2D eigenvalue weighted by Gasteiger charge is -2.23. The Bertz CT molecular complexity index is 1300. The van der Waals surface area contributed by atoms with Crippen LogP contribution < -0.4 is 4.90 Å². The van der Waals surface area contributed by atoms with E-state index in [0.717, 1.165) is 27.8 Å². The highest BCUT2D eigenvalue weighted by Gasteiger charge is 2.18. The van der Waals surface area contributed by atoms with Gasteiger partial charge in [-0.2, -0.15) is 0 Å². The van der Waals surface area contributed by atoms with Gasteiger partial charge >= 0.3 is 5.97 Å². The number of aryl methyl sites for hydroxylation is 1. The molecule has 33 heavy (non-hydrogen) atoms. The zero-order chi connectivity index (χ0) is 23.0. The van der Waals surface area contributed by atoms with Gasteiger partial charge in [-0.3, -0.25) is 9.78 Å². The number of carbonyl (C=O) groups excluding carboxylic acids is 2. The Morgan fingerprint density at radius 2 is 1.70 bits per heavy atom. The molecule has 1 amide bonds. The van der Waals surface area contributed by atoms with Gasteiger partial charge in [0.05, 0.1) is 29.5 Å². The number of amides is 1. The van der Waals surface area contributed by atoms with Gasteiger partial charge in [0.2, 0.25) is 0 Å². The maximum Gasteiger partial charge on any atom is 0.331 e. The summed E-state index contributed by atoms with van der Waals surface area (Å²) in [5.74, 6) is -0.932. The second-order valence-corrected chi connectivity index (χ2v) is 7.53. The first-order valence-electron chi connectivity index (χ1n) is 10.6. The Hall–Kier alpha value is -4.32. The van der Waals surface area contributed by atoms with E-state index < -0.39 is 5.97 Å². The molecule has 0 saturated heterocycles. The maximum atomic E-state index is 13.0. The fraction of sp³-hybridized carbons (Fsp3) is 0.111. The van der Waals surface area contributed by atoms with Crippen LogP contribution in [-0.2, 0) is 20.9 Å². The third kappa shape index (κ3) is 5.89. The lowest BCUT2D eigenvalue weighted by molar-refractivity contribution is -0.142. The molecule has 0 N–H and O–H groups in total. The molecule has 0 unspecified atom stereocenters. The molecule has 0 aliphatic heterocycles. The first-order chi connectivity index (χ1) is 16.1. The van der Waals surface area contributed by atoms with Gasteiger partial charge < -0.3 is 9.64 Å². The van der Waals surface area contributed by atoms with E-state index in [1.807, 2.05) is 85.8 Å². The number of nitrogens with zero attached hydrogens (tertiary/aromatic N) is 3. The second-order valence-electron chi connectivity index (χ2n) is 7.53. The summed E-state index contributed by atoms with van der Waals surface area (Å²) < 4.78 is 5.22. The van der Waals surface area contributed by atoms with Gasteiger partial charge in [-0.25, -0.2) is 9.78 Å². The van der Waals surface area contributed by atoms with Crippen molar-refractivity contribution in [1.29, 1.82) is 0 Å². The number of fused-ring (bicyclic) bond motifs is 1. The topological polar surface area (TPSA) is 72.4 Å². The van der Waals surface area contributed by atoms with Crippen molar-refractivity contribution >= 4 is 34.7 Å². The van der Waals surface area contributed by atoms with E-state index in [4.69, 9.17) is 4.74 Å². The minimum atomic E-state index is -0.623. The van der Waals surface area contributed by atoms with Crippen LogP contribution in [-0.4, -0.2) is 28.5 Å². The third-order valence-corrected chi connectivity index (χ3v) is 4.99. The minimum absolute atomic E-state index is 0.309. The number of carbonyl (C=O) groups is 2. The molecule has 4 rings (SSSR count). The van der Waals surface area contributed by atoms with E-state index in [-0.39, 0.29) is 12.5 Å². The number of hydrogen-bond donors (Lipinski definition) is 0. The van der Waals surface area contributed by atoms with Gasteiger partial charge in [0.15, 0.2) is 6.61 Å². The van der Waals surface area contributed by atoms with E-state index in [9.17, 15) is 9.59 Å². The van der Waals surface area contributed by atoms with Gasteiger partial charge in [0.25, 0.3) is 5.91 Å². The number of ether oxygens (including phenoxy) is 1. The standard InChI is InChI=1S/C27H23N3O3/c1-20-8-7-11-23(16-20)30(18-21-9-3-2-4-10-21)26(31)19-33-27(32)15-14-22-17-28-24-12-5-6-13-25(24)29-22/h2-17H,18-19H2,1H3/b15-14+. The number of para-hydroxylation sites is 2. The summed E-state index contributed by atoms with van der Waals surface area (Å²) in [7, 11) is 0. The highest BCUT2D eigenvalue weighted by atomic mass is 16.5. The summed E-state index contributed by atoms with van der Waals surface area (Å²) in [5.41, 5.74) is 4.81. The SMILES string of the molecule is Cc1cccc(N(Cc2ccccc2)C(=O)COC(=O)/C=C/c2cnc3ccccc3n2)c1. The first-order valence-corrected chi connectivity index (χ1v) is 10.6. The van der Waals surface area contributed by atoms with Crippen LogP contribution in [0.1, 0.15) is 16.8 Å². The van der Waals surface area contributed by atoms with Gasteiger partial charge in [-0.05, 0) is 48.4 Å². The molecule has 164 valence electrons. The first kappa shape index (κ1) is 21.9. The van der Waals surface area contributed by atoms with Crippen LogP contribution >= 0.6 is 0 Å². The maximum absolute atomic E-state index is 13.0. The number of hydrogen-bond acceptors (Lipinski definition) is 5. The number of benzene rings is 3. The summed E-state index contributed by atoms with van der Waals surface area (Å²) in [5, 5.41) is 0. The fourth-order valence-corrected chi connectivity index (χ4v) is 3.35. The van der Waals surface area contributed by atoms with Crippen molar-refractivity contribution in [2.24, 2.45) is 0 Å². The summed E-state index contributed by atoms with van der Waals surface area (Å²) in [6.45, 7) is 1.98. The Morgan fingerprint density at radius 1 is 0.939 bits per heavy atom. The summed E-state index contributed by atoms with van der Waals surface area (Å²) in [6, 6.07) is 24.8. The lowest BCUT2D eigenvalue weighted by atomic mass is 10.1. The van der Waals surface area contributed by atoms with E-state index in [1.54, 1.807) is 11.1 Å². The van der Waals surface area contributed by atoms with Crippen LogP contribution in [0.3, 0.4) is 0 Å². The van der Waals surface area contributed by atoms with E-state index in [1.165, 1.54) is 12.2 Å². The molecule has 0 spiro atoms. The Balaban J connectivity index is 1.42. The van der Waals surface area contributed by atoms with Crippen LogP contribution in [0.5, 0.6) is 0 Å². The van der Waals surface area contributed by atoms with Gasteiger partial charge in [-0.1, -0.05) is 54.6 Å². The molecule has 3 aromatic carbocycles. The monoisotopic (exact) mass is 437 g/mol. The van der Waals surface area contributed by atoms with Crippen molar-refractivity contribution in [3.05, 3.63) is 108 Å². The van der Waals surface area contributed by atoms with Crippen LogP contribution in [0.25, 0.3) is 17.1 Å². The van der Waals surface area contributed by atoms with Crippen LogP contribution in [0, 0.1) is 6.92 Å². The van der Waals surface area contributed by atoms with Crippen molar-refractivity contribution in [2.75, 3.05) is 11.5 Å². The van der Waals surface area contributed by atoms with Crippen LogP contribution in [0.2, 0.25) is 0 Å². The van der Waals surface area contributed by atoms with E-state index in [2.05, 4.69) is 9.97 Å². The lowest BCUT2D eigenvalue weighted by Crippen LogP contribution is -2.34. The highest BCUT2D eigenvalue weighted by molar-refractivity contribution is 5.96. The van der Waals surface area contributed by atoms with Crippen molar-refractivity contribution in [3.63, 3.8) is 0 Å². The Morgan fingerprint density at radius 3 is 2.48 bits per heavy atom. The summed E-state index contributed by atoms with van der Waals surface area (Å²) >= 11 is 0. The van der Waals surface area contributed by atoms with E-state index in [0.29, 0.717) is 12.2 Å². The summed E-state index contributed by atoms with van der Waals surface area (Å²) in [6.07, 6.45) is 4.35. The molecule has 0 fully saturated rings. The van der Waals surface area contributed by atoms with Crippen molar-refractivity contribution in [1.82, 2.24) is 9.97 Å². The predicted octanol–water partition coefficient (Wildman–Crippen LogP) is 4.73. The number of esters is 1. The van der Waals surface area contributed by atoms with Crippen molar-refractivity contribution in [2.45, 2.75) is 13.5 Å². The van der Waals surface area contributed by atoms with Crippen molar-refractivity contribution < 1.29 is 14.3 Å². The molecule has 0 atom stereocenters. The molecular formula is C27H23N3O3. The summed E-state index contributed by atoms with van der Waals surface area (Å²) in [4.78, 5) is 35.6. The van der Waals surface area contributed by atoms with Gasteiger partial charge in [-0.15, -0.1) is 0 Å². The molecule has 0 radical (unpaired) electrons. The minimum Gasteiger partial charge on any atom is -0.452 e. The van der Waals surface area contributed by atoms with Gasteiger partial charge in [0, 0.05) is 11.8 Å². The molecule has 1 heterocycles. The largest absolute Gasteiger partial charge is 0.452 e. The zero-order valence-corrected chi connectivity index (χ0v) is 18.2. The Kier molecular flexibility index (Phi) is 6.85. The quantitative estimate of drug-likeness (QED) is 0.309. The molecule has 6 nitrogen and oxygen atoms in total. The molecule has 0 aliphatic rings. The fourth-order valence-electron chi connectivity index (χ4n) is 3.35. The average molecular weight is 437 g/mol. The molecule has 0 saturated carbocycles. The number of aromatic nitrogens is 2. The van der Waals surface area contributed by atoms with Crippen LogP contribution in [0.4, 0.5) is 5.69 Å². The average Bonchev–Trinajstić information content (AvgIpc) is 2.85.